The minimum absolute atomic E-state index is 0.00936. The van der Waals surface area contributed by atoms with Crippen LogP contribution in [0.1, 0.15) is 39.2 Å². The molecule has 0 aliphatic carbocycles. The second-order valence-corrected chi connectivity index (χ2v) is 10.5. The number of nitrogens with two attached hydrogens (primary N) is 1. The third-order valence-corrected chi connectivity index (χ3v) is 6.32. The van der Waals surface area contributed by atoms with E-state index >= 15 is 0 Å². The number of hydrogen-bond donors (Lipinski definition) is 1. The van der Waals surface area contributed by atoms with Crippen LogP contribution in [0.2, 0.25) is 0 Å². The van der Waals surface area contributed by atoms with Gasteiger partial charge in [0, 0.05) is 23.9 Å². The van der Waals surface area contributed by atoms with Crippen LogP contribution in [-0.4, -0.2) is 49.0 Å². The molecule has 0 saturated carbocycles. The molecular formula is C29H35N3O7. The fourth-order valence-corrected chi connectivity index (χ4v) is 4.44. The predicted octanol–water partition coefficient (Wildman–Crippen LogP) is 5.11. The van der Waals surface area contributed by atoms with Crippen LogP contribution in [0.4, 0.5) is 10.5 Å². The average Bonchev–Trinajstić information content (AvgIpc) is 2.99. The van der Waals surface area contributed by atoms with Crippen LogP contribution < -0.4 is 19.9 Å². The molecule has 2 aromatic rings. The summed E-state index contributed by atoms with van der Waals surface area (Å²) in [6, 6.07) is 12.2. The van der Waals surface area contributed by atoms with Crippen molar-refractivity contribution in [3.8, 4) is 17.2 Å². The summed E-state index contributed by atoms with van der Waals surface area (Å²) >= 11 is 0. The maximum Gasteiger partial charge on any atom is 0.415 e. The highest BCUT2D eigenvalue weighted by Crippen LogP contribution is 2.43. The van der Waals surface area contributed by atoms with Gasteiger partial charge in [-0.3, -0.25) is 4.90 Å². The van der Waals surface area contributed by atoms with Gasteiger partial charge < -0.3 is 34.5 Å². The van der Waals surface area contributed by atoms with Crippen molar-refractivity contribution < 1.29 is 28.5 Å². The fourth-order valence-electron chi connectivity index (χ4n) is 4.44. The molecule has 10 nitrogen and oxygen atoms in total. The number of ether oxygens (including phenoxy) is 4. The zero-order valence-electron chi connectivity index (χ0n) is 22.7. The SMILES string of the molecule is COC(=O)C[N+]1([O-])Cc2ccc(OCCCC3=CC=CN(C(=O)OC(C)(C)C)C3N)cc2Oc2ccccc21. The van der Waals surface area contributed by atoms with Crippen LogP contribution in [0.15, 0.2) is 66.4 Å². The van der Waals surface area contributed by atoms with E-state index in [1.807, 2.05) is 26.8 Å². The Balaban J connectivity index is 1.39. The molecule has 2 aliphatic rings. The third-order valence-electron chi connectivity index (χ3n) is 6.32. The summed E-state index contributed by atoms with van der Waals surface area (Å²) in [5, 5.41) is 13.8. The molecule has 2 aromatic carbocycles. The summed E-state index contributed by atoms with van der Waals surface area (Å²) in [6.45, 7) is 5.47. The Kier molecular flexibility index (Phi) is 8.29. The molecule has 2 atom stereocenters. The standard InChI is InChI=1S/C29H35N3O7/c1-29(2,3)39-28(34)31-15-7-9-20(27(31)30)10-8-16-37-22-14-13-21-18-32(35,19-26(33)36-4)23-11-5-6-12-24(23)38-25(21)17-22/h5-7,9,11-15,17,27H,8,10,16,18-19,30H2,1-4H3. The van der Waals surface area contributed by atoms with Gasteiger partial charge in [-0.15, -0.1) is 0 Å². The van der Waals surface area contributed by atoms with E-state index in [1.54, 1.807) is 54.7 Å². The molecule has 39 heavy (non-hydrogen) atoms. The Morgan fingerprint density at radius 1 is 1.18 bits per heavy atom. The molecule has 208 valence electrons. The smallest absolute Gasteiger partial charge is 0.415 e. The van der Waals surface area contributed by atoms with Crippen molar-refractivity contribution >= 4 is 17.7 Å². The Morgan fingerprint density at radius 2 is 1.95 bits per heavy atom. The third kappa shape index (κ3) is 6.78. The fraction of sp³-hybridized carbons (Fsp3) is 0.379. The summed E-state index contributed by atoms with van der Waals surface area (Å²) in [7, 11) is 1.26. The van der Waals surface area contributed by atoms with Crippen LogP contribution in [-0.2, 0) is 20.8 Å². The van der Waals surface area contributed by atoms with Crippen LogP contribution in [0.5, 0.6) is 17.2 Å². The van der Waals surface area contributed by atoms with Crippen molar-refractivity contribution in [3.05, 3.63) is 77.2 Å². The minimum atomic E-state index is -0.916. The first kappa shape index (κ1) is 28.2. The van der Waals surface area contributed by atoms with E-state index in [4.69, 9.17) is 24.7 Å². The highest BCUT2D eigenvalue weighted by atomic mass is 16.6. The topological polar surface area (TPSA) is 123 Å². The van der Waals surface area contributed by atoms with Crippen molar-refractivity contribution in [1.29, 1.82) is 0 Å². The van der Waals surface area contributed by atoms with E-state index < -0.39 is 28.5 Å². The molecule has 0 bridgehead atoms. The number of nitrogens with zero attached hydrogens (tertiary/aromatic N) is 2. The number of para-hydroxylation sites is 2. The Hall–Kier alpha value is -3.86. The van der Waals surface area contributed by atoms with Crippen molar-refractivity contribution in [3.63, 3.8) is 0 Å². The molecule has 2 N–H and O–H groups in total. The molecule has 0 saturated heterocycles. The van der Waals surface area contributed by atoms with Gasteiger partial charge in [-0.2, -0.15) is 0 Å². The lowest BCUT2D eigenvalue weighted by molar-refractivity contribution is -0.141. The highest BCUT2D eigenvalue weighted by Gasteiger charge is 2.33. The first-order valence-electron chi connectivity index (χ1n) is 12.8. The van der Waals surface area contributed by atoms with E-state index in [9.17, 15) is 14.8 Å². The van der Waals surface area contributed by atoms with Gasteiger partial charge in [0.2, 0.25) is 0 Å². The molecule has 0 aromatic heterocycles. The van der Waals surface area contributed by atoms with Gasteiger partial charge in [0.15, 0.2) is 18.0 Å². The van der Waals surface area contributed by atoms with Crippen molar-refractivity contribution in [2.75, 3.05) is 20.3 Å². The van der Waals surface area contributed by atoms with Crippen molar-refractivity contribution in [2.45, 2.75) is 51.9 Å². The number of benzene rings is 2. The van der Waals surface area contributed by atoms with Crippen molar-refractivity contribution in [2.24, 2.45) is 5.73 Å². The quantitative estimate of drug-likeness (QED) is 0.224. The van der Waals surface area contributed by atoms with Gasteiger partial charge in [0.25, 0.3) is 0 Å². The number of rotatable bonds is 7. The van der Waals surface area contributed by atoms with Crippen LogP contribution in [0.3, 0.4) is 0 Å². The first-order valence-corrected chi connectivity index (χ1v) is 12.8. The largest absolute Gasteiger partial charge is 0.627 e. The number of quaternary nitrogens is 1. The zero-order chi connectivity index (χ0) is 28.2. The minimum Gasteiger partial charge on any atom is -0.627 e. The lowest BCUT2D eigenvalue weighted by Gasteiger charge is -2.40. The Labute approximate surface area is 228 Å². The van der Waals surface area contributed by atoms with E-state index in [0.717, 1.165) is 5.57 Å². The molecule has 2 unspecified atom stereocenters. The summed E-state index contributed by atoms with van der Waals surface area (Å²) in [5.74, 6) is 0.868. The maximum atomic E-state index is 13.8. The van der Waals surface area contributed by atoms with Crippen LogP contribution in [0.25, 0.3) is 0 Å². The molecule has 2 heterocycles. The number of allylic oxidation sites excluding steroid dienone is 2. The van der Waals surface area contributed by atoms with E-state index in [0.29, 0.717) is 47.9 Å². The average molecular weight is 538 g/mol. The summed E-state index contributed by atoms with van der Waals surface area (Å²) < 4.78 is 21.4. The molecule has 1 amide bonds. The van der Waals surface area contributed by atoms with E-state index in [1.165, 1.54) is 12.0 Å². The predicted molar refractivity (Wildman–Crippen MR) is 147 cm³/mol. The number of amides is 1. The molecule has 0 fully saturated rings. The van der Waals surface area contributed by atoms with Gasteiger partial charge in [-0.25, -0.2) is 9.59 Å². The van der Waals surface area contributed by atoms with E-state index in [2.05, 4.69) is 0 Å². The number of hydrogen-bond acceptors (Lipinski definition) is 8. The lowest BCUT2D eigenvalue weighted by Crippen LogP contribution is -2.46. The molecule has 4 rings (SSSR count). The van der Waals surface area contributed by atoms with Gasteiger partial charge >= 0.3 is 12.1 Å². The number of carbonyl (C=O) groups excluding carboxylic acids is 2. The molecule has 0 spiro atoms. The zero-order valence-corrected chi connectivity index (χ0v) is 22.7. The van der Waals surface area contributed by atoms with E-state index in [-0.39, 0.29) is 13.1 Å². The molecular weight excluding hydrogens is 502 g/mol. The second kappa shape index (κ2) is 11.5. The molecule has 2 aliphatic heterocycles. The molecule has 10 heteroatoms. The van der Waals surface area contributed by atoms with Gasteiger partial charge in [-0.1, -0.05) is 18.2 Å². The number of methoxy groups -OCH3 is 1. The van der Waals surface area contributed by atoms with Gasteiger partial charge in [0.1, 0.15) is 29.8 Å². The highest BCUT2D eigenvalue weighted by molar-refractivity contribution is 5.76. The first-order chi connectivity index (χ1) is 18.5. The second-order valence-electron chi connectivity index (χ2n) is 10.5. The van der Waals surface area contributed by atoms with Crippen LogP contribution >= 0.6 is 0 Å². The summed E-state index contributed by atoms with van der Waals surface area (Å²) in [5.41, 5.74) is 7.61. The maximum absolute atomic E-state index is 13.8. The number of carbonyl (C=O) groups is 2. The normalized spacial score (nSPS) is 20.1. The van der Waals surface area contributed by atoms with Gasteiger partial charge in [-0.05, 0) is 63.5 Å². The summed E-state index contributed by atoms with van der Waals surface area (Å²) in [6.07, 6.45) is 5.49. The number of fused-ring (bicyclic) bond motifs is 2. The Morgan fingerprint density at radius 3 is 2.69 bits per heavy atom. The monoisotopic (exact) mass is 537 g/mol. The van der Waals surface area contributed by atoms with Crippen LogP contribution in [0, 0.1) is 5.21 Å². The Bertz CT molecular complexity index is 1280. The number of esters is 1. The number of hydroxylamine groups is 2. The van der Waals surface area contributed by atoms with Crippen molar-refractivity contribution in [1.82, 2.24) is 9.55 Å². The van der Waals surface area contributed by atoms with Gasteiger partial charge in [0.05, 0.1) is 13.7 Å². The lowest BCUT2D eigenvalue weighted by atomic mass is 10.0. The summed E-state index contributed by atoms with van der Waals surface area (Å²) in [4.78, 5) is 25.9. The molecule has 0 radical (unpaired) electrons.